The molecule has 1 fully saturated rings. The molecule has 1 saturated heterocycles. The van der Waals surface area contributed by atoms with E-state index in [1.165, 1.54) is 16.8 Å². The van der Waals surface area contributed by atoms with Crippen molar-refractivity contribution in [2.45, 2.75) is 13.8 Å². The van der Waals surface area contributed by atoms with Gasteiger partial charge in [0.15, 0.2) is 11.5 Å². The zero-order valence-electron chi connectivity index (χ0n) is 18.1. The van der Waals surface area contributed by atoms with E-state index in [0.29, 0.717) is 11.5 Å². The average Bonchev–Trinajstić information content (AvgIpc) is 2.79. The molecule has 0 bridgehead atoms. The number of benzene rings is 2. The van der Waals surface area contributed by atoms with E-state index in [1.807, 2.05) is 24.4 Å². The van der Waals surface area contributed by atoms with Crippen LogP contribution in [0.5, 0.6) is 11.5 Å². The topological polar surface area (TPSA) is 50.7 Å². The molecule has 30 heavy (non-hydrogen) atoms. The van der Waals surface area contributed by atoms with E-state index < -0.39 is 0 Å². The number of methoxy groups -OCH3 is 2. The molecular formula is C24H28N4O2. The lowest BCUT2D eigenvalue weighted by atomic mass is 10.1. The van der Waals surface area contributed by atoms with Crippen molar-refractivity contribution < 1.29 is 9.47 Å². The minimum absolute atomic E-state index is 0.685. The fraction of sp³-hybridized carbons (Fsp3) is 0.333. The first kappa shape index (κ1) is 20.0. The van der Waals surface area contributed by atoms with Gasteiger partial charge >= 0.3 is 0 Å². The maximum atomic E-state index is 5.43. The van der Waals surface area contributed by atoms with E-state index in [-0.39, 0.29) is 0 Å². The number of hydrogen-bond donors (Lipinski definition) is 0. The lowest BCUT2D eigenvalue weighted by molar-refractivity contribution is 0.355. The van der Waals surface area contributed by atoms with Crippen LogP contribution >= 0.6 is 0 Å². The fourth-order valence-electron chi connectivity index (χ4n) is 3.98. The molecule has 6 nitrogen and oxygen atoms in total. The highest BCUT2D eigenvalue weighted by atomic mass is 16.5. The number of ether oxygens (including phenoxy) is 2. The van der Waals surface area contributed by atoms with Crippen molar-refractivity contribution >= 4 is 11.5 Å². The Morgan fingerprint density at radius 3 is 2.23 bits per heavy atom. The standard InChI is InChI=1S/C24H28N4O2/c1-17-5-7-21(18(2)13-17)27-9-11-28(12-10-27)24-16-25-15-20(26-24)19-6-8-22(29-3)23(14-19)30-4/h5-8,13-16H,9-12H2,1-4H3. The van der Waals surface area contributed by atoms with Crippen LogP contribution in [-0.4, -0.2) is 50.4 Å². The van der Waals surface area contributed by atoms with Crippen LogP contribution in [0.25, 0.3) is 11.3 Å². The summed E-state index contributed by atoms with van der Waals surface area (Å²) in [7, 11) is 3.27. The molecule has 0 amide bonds. The van der Waals surface area contributed by atoms with Gasteiger partial charge in [0, 0.05) is 37.4 Å². The fourth-order valence-corrected chi connectivity index (χ4v) is 3.98. The van der Waals surface area contributed by atoms with E-state index in [2.05, 4.69) is 46.8 Å². The summed E-state index contributed by atoms with van der Waals surface area (Å²) in [5.41, 5.74) is 5.74. The predicted octanol–water partition coefficient (Wildman–Crippen LogP) is 4.10. The van der Waals surface area contributed by atoms with Gasteiger partial charge in [0.25, 0.3) is 0 Å². The smallest absolute Gasteiger partial charge is 0.161 e. The Labute approximate surface area is 178 Å². The maximum Gasteiger partial charge on any atom is 0.161 e. The van der Waals surface area contributed by atoms with Crippen molar-refractivity contribution in [2.75, 3.05) is 50.2 Å². The number of anilines is 2. The molecule has 4 rings (SSSR count). The molecule has 0 radical (unpaired) electrons. The molecule has 6 heteroatoms. The van der Waals surface area contributed by atoms with Gasteiger partial charge in [-0.25, -0.2) is 4.98 Å². The first-order valence-electron chi connectivity index (χ1n) is 10.2. The highest BCUT2D eigenvalue weighted by molar-refractivity contribution is 5.65. The van der Waals surface area contributed by atoms with Gasteiger partial charge in [-0.05, 0) is 43.7 Å². The van der Waals surface area contributed by atoms with Crippen LogP contribution in [0.3, 0.4) is 0 Å². The van der Waals surface area contributed by atoms with E-state index in [9.17, 15) is 0 Å². The Bertz CT molecular complexity index is 1030. The summed E-state index contributed by atoms with van der Waals surface area (Å²) in [6, 6.07) is 12.5. The Balaban J connectivity index is 1.50. The zero-order chi connectivity index (χ0) is 21.1. The molecular weight excluding hydrogens is 376 g/mol. The summed E-state index contributed by atoms with van der Waals surface area (Å²) in [6.45, 7) is 8.08. The molecule has 0 aliphatic carbocycles. The van der Waals surface area contributed by atoms with E-state index in [0.717, 1.165) is 43.3 Å². The third-order valence-electron chi connectivity index (χ3n) is 5.60. The third kappa shape index (κ3) is 4.03. The first-order chi connectivity index (χ1) is 14.6. The molecule has 0 saturated carbocycles. The normalized spacial score (nSPS) is 14.0. The van der Waals surface area contributed by atoms with E-state index in [1.54, 1.807) is 20.4 Å². The molecule has 156 valence electrons. The summed E-state index contributed by atoms with van der Waals surface area (Å²) >= 11 is 0. The van der Waals surface area contributed by atoms with Crippen LogP contribution in [0, 0.1) is 13.8 Å². The molecule has 2 aromatic carbocycles. The van der Waals surface area contributed by atoms with Crippen LogP contribution in [0.2, 0.25) is 0 Å². The Hall–Kier alpha value is -3.28. The number of nitrogens with zero attached hydrogens (tertiary/aromatic N) is 4. The Morgan fingerprint density at radius 2 is 1.53 bits per heavy atom. The quantitative estimate of drug-likeness (QED) is 0.638. The van der Waals surface area contributed by atoms with Crippen LogP contribution in [0.15, 0.2) is 48.8 Å². The van der Waals surface area contributed by atoms with Gasteiger partial charge in [-0.1, -0.05) is 17.7 Å². The van der Waals surface area contributed by atoms with Crippen LogP contribution in [-0.2, 0) is 0 Å². The summed E-state index contributed by atoms with van der Waals surface area (Å²) < 4.78 is 10.8. The van der Waals surface area contributed by atoms with Gasteiger partial charge in [-0.3, -0.25) is 4.98 Å². The van der Waals surface area contributed by atoms with E-state index >= 15 is 0 Å². The van der Waals surface area contributed by atoms with Crippen molar-refractivity contribution in [3.63, 3.8) is 0 Å². The number of aromatic nitrogens is 2. The van der Waals surface area contributed by atoms with Gasteiger partial charge in [-0.2, -0.15) is 0 Å². The highest BCUT2D eigenvalue weighted by Crippen LogP contribution is 2.32. The largest absolute Gasteiger partial charge is 0.493 e. The maximum absolute atomic E-state index is 5.43. The van der Waals surface area contributed by atoms with Gasteiger partial charge in [0.05, 0.1) is 32.3 Å². The van der Waals surface area contributed by atoms with Crippen LogP contribution in [0.4, 0.5) is 11.5 Å². The number of rotatable bonds is 5. The van der Waals surface area contributed by atoms with Crippen LogP contribution < -0.4 is 19.3 Å². The third-order valence-corrected chi connectivity index (χ3v) is 5.60. The average molecular weight is 405 g/mol. The molecule has 1 aromatic heterocycles. The van der Waals surface area contributed by atoms with Crippen molar-refractivity contribution in [1.29, 1.82) is 0 Å². The Morgan fingerprint density at radius 1 is 0.800 bits per heavy atom. The molecule has 0 N–H and O–H groups in total. The lowest BCUT2D eigenvalue weighted by Crippen LogP contribution is -2.47. The van der Waals surface area contributed by atoms with Crippen molar-refractivity contribution in [3.05, 3.63) is 59.9 Å². The van der Waals surface area contributed by atoms with Gasteiger partial charge in [-0.15, -0.1) is 0 Å². The molecule has 1 aliphatic rings. The highest BCUT2D eigenvalue weighted by Gasteiger charge is 2.20. The minimum Gasteiger partial charge on any atom is -0.493 e. The molecule has 0 unspecified atom stereocenters. The molecule has 1 aliphatic heterocycles. The van der Waals surface area contributed by atoms with Gasteiger partial charge in [0.2, 0.25) is 0 Å². The van der Waals surface area contributed by atoms with E-state index in [4.69, 9.17) is 14.5 Å². The summed E-state index contributed by atoms with van der Waals surface area (Å²) in [5.74, 6) is 2.29. The summed E-state index contributed by atoms with van der Waals surface area (Å²) in [6.07, 6.45) is 3.63. The van der Waals surface area contributed by atoms with Crippen molar-refractivity contribution in [3.8, 4) is 22.8 Å². The second-order valence-corrected chi connectivity index (χ2v) is 7.60. The summed E-state index contributed by atoms with van der Waals surface area (Å²) in [4.78, 5) is 14.1. The molecule has 2 heterocycles. The lowest BCUT2D eigenvalue weighted by Gasteiger charge is -2.37. The number of aryl methyl sites for hydroxylation is 2. The molecule has 0 spiro atoms. The zero-order valence-corrected chi connectivity index (χ0v) is 18.1. The second kappa shape index (κ2) is 8.61. The molecule has 0 atom stereocenters. The monoisotopic (exact) mass is 404 g/mol. The Kier molecular flexibility index (Phi) is 5.74. The number of piperazine rings is 1. The SMILES string of the molecule is COc1ccc(-c2cncc(N3CCN(c4ccc(C)cc4C)CC3)n2)cc1OC. The number of hydrogen-bond acceptors (Lipinski definition) is 6. The van der Waals surface area contributed by atoms with Crippen molar-refractivity contribution in [1.82, 2.24) is 9.97 Å². The predicted molar refractivity (Wildman–Crippen MR) is 121 cm³/mol. The van der Waals surface area contributed by atoms with Crippen molar-refractivity contribution in [2.24, 2.45) is 0 Å². The van der Waals surface area contributed by atoms with Gasteiger partial charge < -0.3 is 19.3 Å². The second-order valence-electron chi connectivity index (χ2n) is 7.60. The minimum atomic E-state index is 0.685. The first-order valence-corrected chi connectivity index (χ1v) is 10.2. The molecule has 3 aromatic rings. The summed E-state index contributed by atoms with van der Waals surface area (Å²) in [5, 5.41) is 0. The van der Waals surface area contributed by atoms with Crippen LogP contribution in [0.1, 0.15) is 11.1 Å². The van der Waals surface area contributed by atoms with Gasteiger partial charge in [0.1, 0.15) is 5.82 Å².